The number of nitrogens with one attached hydrogen (secondary N) is 2. The van der Waals surface area contributed by atoms with Crippen molar-refractivity contribution in [3.63, 3.8) is 0 Å². The number of benzene rings is 3. The maximum atomic E-state index is 14.1. The number of rotatable bonds is 6. The Kier molecular flexibility index (Phi) is 8.94. The number of fused-ring (bicyclic) bond motifs is 1. The summed E-state index contributed by atoms with van der Waals surface area (Å²) in [5, 5.41) is 5.58. The first-order valence-electron chi connectivity index (χ1n) is 14.3. The number of carbonyl (C=O) groups excluding carboxylic acids is 4. The lowest BCUT2D eigenvalue weighted by molar-refractivity contribution is -0.127. The van der Waals surface area contributed by atoms with E-state index in [1.54, 1.807) is 45.9 Å². The lowest BCUT2D eigenvalue weighted by atomic mass is 9.90. The van der Waals surface area contributed by atoms with Gasteiger partial charge in [0.1, 0.15) is 11.6 Å². The van der Waals surface area contributed by atoms with Crippen molar-refractivity contribution in [2.45, 2.75) is 60.1 Å². The highest BCUT2D eigenvalue weighted by atomic mass is 16.6. The monoisotopic (exact) mass is 584 g/mol. The van der Waals surface area contributed by atoms with Crippen LogP contribution in [0.2, 0.25) is 0 Å². The molecule has 0 saturated carbocycles. The Bertz CT molecular complexity index is 1520. The van der Waals surface area contributed by atoms with E-state index in [1.165, 1.54) is 4.90 Å². The van der Waals surface area contributed by atoms with Gasteiger partial charge in [-0.1, -0.05) is 57.2 Å². The summed E-state index contributed by atoms with van der Waals surface area (Å²) in [7, 11) is 0. The molecule has 1 aliphatic rings. The fourth-order valence-electron chi connectivity index (χ4n) is 4.67. The average molecular weight is 585 g/mol. The number of ketones is 1. The summed E-state index contributed by atoms with van der Waals surface area (Å²) in [6, 6.07) is 20.3. The summed E-state index contributed by atoms with van der Waals surface area (Å²) in [6.45, 7) is 12.6. The lowest BCUT2D eigenvalue weighted by Gasteiger charge is -2.28. The van der Waals surface area contributed by atoms with Crippen LogP contribution in [0.3, 0.4) is 0 Å². The topological polar surface area (TPSA) is 108 Å². The predicted molar refractivity (Wildman–Crippen MR) is 169 cm³/mol. The van der Waals surface area contributed by atoms with E-state index in [2.05, 4.69) is 10.6 Å². The summed E-state index contributed by atoms with van der Waals surface area (Å²) in [5.74, 6) is -1.01. The summed E-state index contributed by atoms with van der Waals surface area (Å²) in [6.07, 6.45) is 0. The lowest BCUT2D eigenvalue weighted by Crippen LogP contribution is -2.54. The van der Waals surface area contributed by atoms with E-state index in [-0.39, 0.29) is 18.9 Å². The molecule has 2 N–H and O–H groups in total. The number of hydrogen-bond donors (Lipinski definition) is 2. The van der Waals surface area contributed by atoms with Crippen LogP contribution >= 0.6 is 0 Å². The van der Waals surface area contributed by atoms with Crippen LogP contribution < -0.4 is 20.4 Å². The van der Waals surface area contributed by atoms with Crippen molar-refractivity contribution in [2.75, 3.05) is 28.2 Å². The van der Waals surface area contributed by atoms with Gasteiger partial charge in [-0.05, 0) is 69.7 Å². The largest absolute Gasteiger partial charge is 0.456 e. The van der Waals surface area contributed by atoms with Gasteiger partial charge in [-0.25, -0.2) is 9.59 Å². The van der Waals surface area contributed by atoms with Gasteiger partial charge < -0.3 is 25.2 Å². The summed E-state index contributed by atoms with van der Waals surface area (Å²) < 4.78 is 5.52. The van der Waals surface area contributed by atoms with Gasteiger partial charge in [0.2, 0.25) is 0 Å². The van der Waals surface area contributed by atoms with Crippen LogP contribution in [0, 0.1) is 12.3 Å². The molecule has 9 heteroatoms. The van der Waals surface area contributed by atoms with Gasteiger partial charge in [0.05, 0.1) is 30.0 Å². The molecular weight excluding hydrogens is 544 g/mol. The number of esters is 1. The summed E-state index contributed by atoms with van der Waals surface area (Å²) >= 11 is 0. The molecule has 0 fully saturated rings. The fourth-order valence-corrected chi connectivity index (χ4v) is 4.67. The average Bonchev–Trinajstić information content (AvgIpc) is 3.03. The van der Waals surface area contributed by atoms with Crippen molar-refractivity contribution in [2.24, 2.45) is 5.41 Å². The molecule has 9 nitrogen and oxygen atoms in total. The predicted octanol–water partition coefficient (Wildman–Crippen LogP) is 6.24. The van der Waals surface area contributed by atoms with Crippen molar-refractivity contribution in [1.29, 1.82) is 0 Å². The molecule has 0 saturated heterocycles. The standard InChI is InChI=1S/C34H40N4O5/c1-22-17-18-23(19-25(22)31(41)43-34(5,6)7)35-32(42)36-26-20-37(24-13-9-8-10-14-24)27-15-11-12-16-28(27)38(30(26)40)21-29(39)33(2,3)4/h8-19,26H,20-21H2,1-7H3,(H2,35,36,42)/t26-/m1/s1. The van der Waals surface area contributed by atoms with E-state index in [1.807, 2.05) is 80.3 Å². The van der Waals surface area contributed by atoms with E-state index in [0.29, 0.717) is 22.5 Å². The molecule has 0 bridgehead atoms. The summed E-state index contributed by atoms with van der Waals surface area (Å²) in [4.78, 5) is 56.8. The second-order valence-electron chi connectivity index (χ2n) is 12.7. The molecule has 226 valence electrons. The maximum absolute atomic E-state index is 14.1. The zero-order valence-electron chi connectivity index (χ0n) is 25.9. The Balaban J connectivity index is 1.65. The van der Waals surface area contributed by atoms with Gasteiger partial charge in [0, 0.05) is 16.8 Å². The fraction of sp³-hybridized carbons (Fsp3) is 0.353. The highest BCUT2D eigenvalue weighted by Crippen LogP contribution is 2.37. The van der Waals surface area contributed by atoms with Crippen molar-refractivity contribution in [1.82, 2.24) is 5.32 Å². The normalized spacial score (nSPS) is 15.3. The van der Waals surface area contributed by atoms with Crippen LogP contribution in [0.15, 0.2) is 72.8 Å². The molecule has 43 heavy (non-hydrogen) atoms. The van der Waals surface area contributed by atoms with E-state index in [0.717, 1.165) is 11.4 Å². The molecule has 0 aliphatic carbocycles. The molecule has 0 aromatic heterocycles. The second-order valence-corrected chi connectivity index (χ2v) is 12.7. The van der Waals surface area contributed by atoms with Gasteiger partial charge in [0.15, 0.2) is 5.78 Å². The van der Waals surface area contributed by atoms with Crippen LogP contribution in [0.4, 0.5) is 27.5 Å². The third-order valence-electron chi connectivity index (χ3n) is 7.02. The Morgan fingerprint density at radius 1 is 0.884 bits per heavy atom. The van der Waals surface area contributed by atoms with Crippen LogP contribution in [-0.2, 0) is 14.3 Å². The minimum Gasteiger partial charge on any atom is -0.456 e. The molecule has 0 unspecified atom stereocenters. The van der Waals surface area contributed by atoms with Crippen molar-refractivity contribution < 1.29 is 23.9 Å². The zero-order chi connectivity index (χ0) is 31.5. The van der Waals surface area contributed by atoms with Gasteiger partial charge >= 0.3 is 12.0 Å². The molecule has 0 radical (unpaired) electrons. The molecule has 3 amide bonds. The third kappa shape index (κ3) is 7.60. The first-order valence-corrected chi connectivity index (χ1v) is 14.3. The second kappa shape index (κ2) is 12.3. The number of ether oxygens (including phenoxy) is 1. The van der Waals surface area contributed by atoms with Gasteiger partial charge in [-0.15, -0.1) is 0 Å². The van der Waals surface area contributed by atoms with Crippen molar-refractivity contribution >= 4 is 46.4 Å². The van der Waals surface area contributed by atoms with Gasteiger partial charge in [-0.2, -0.15) is 0 Å². The molecule has 3 aromatic rings. The molecule has 1 aliphatic heterocycles. The number of carbonyl (C=O) groups is 4. The Morgan fingerprint density at radius 3 is 2.14 bits per heavy atom. The number of amides is 3. The van der Waals surface area contributed by atoms with Gasteiger partial charge in [-0.3, -0.25) is 9.59 Å². The molecule has 4 rings (SSSR count). The first kappa shape index (κ1) is 31.3. The third-order valence-corrected chi connectivity index (χ3v) is 7.02. The van der Waals surface area contributed by atoms with E-state index < -0.39 is 35.0 Å². The Labute approximate surface area is 253 Å². The van der Waals surface area contributed by atoms with E-state index in [4.69, 9.17) is 4.74 Å². The number of urea groups is 1. The number of hydrogen-bond acceptors (Lipinski definition) is 6. The minimum absolute atomic E-state index is 0.110. The van der Waals surface area contributed by atoms with Crippen LogP contribution in [-0.4, -0.2) is 48.4 Å². The molecule has 1 atom stereocenters. The molecule has 3 aromatic carbocycles. The zero-order valence-corrected chi connectivity index (χ0v) is 25.9. The van der Waals surface area contributed by atoms with Crippen LogP contribution in [0.25, 0.3) is 0 Å². The van der Waals surface area contributed by atoms with Gasteiger partial charge in [0.25, 0.3) is 5.91 Å². The number of nitrogens with zero attached hydrogens (tertiary/aromatic N) is 2. The highest BCUT2D eigenvalue weighted by molar-refractivity contribution is 6.08. The Morgan fingerprint density at radius 2 is 1.51 bits per heavy atom. The SMILES string of the molecule is Cc1ccc(NC(=O)N[C@@H]2CN(c3ccccc3)c3ccccc3N(CC(=O)C(C)(C)C)C2=O)cc1C(=O)OC(C)(C)C. The molecular formula is C34H40N4O5. The van der Waals surface area contributed by atoms with Crippen molar-refractivity contribution in [3.8, 4) is 0 Å². The first-order chi connectivity index (χ1) is 20.1. The molecule has 0 spiro atoms. The number of para-hydroxylation sites is 3. The quantitative estimate of drug-likeness (QED) is 0.332. The van der Waals surface area contributed by atoms with Crippen molar-refractivity contribution in [3.05, 3.63) is 83.9 Å². The Hall–Kier alpha value is -4.66. The number of aryl methyl sites for hydroxylation is 1. The summed E-state index contributed by atoms with van der Waals surface area (Å²) in [5.41, 5.74) is 2.22. The van der Waals surface area contributed by atoms with Crippen LogP contribution in [0.1, 0.15) is 57.5 Å². The highest BCUT2D eigenvalue weighted by Gasteiger charge is 2.37. The van der Waals surface area contributed by atoms with Crippen LogP contribution in [0.5, 0.6) is 0 Å². The maximum Gasteiger partial charge on any atom is 0.338 e. The minimum atomic E-state index is -1.00. The molecule has 1 heterocycles. The number of anilines is 4. The van der Waals surface area contributed by atoms with E-state index >= 15 is 0 Å². The number of Topliss-reactive ketones (excluding diaryl/α,β-unsaturated/α-hetero) is 1. The van der Waals surface area contributed by atoms with E-state index in [9.17, 15) is 19.2 Å². The smallest absolute Gasteiger partial charge is 0.338 e.